The molecule has 18 heavy (non-hydrogen) atoms. The molecular weight excluding hydrogens is 224 g/mol. The van der Waals surface area contributed by atoms with Crippen LogP contribution in [0, 0.1) is 5.92 Å². The van der Waals surface area contributed by atoms with Crippen molar-refractivity contribution in [2.24, 2.45) is 13.0 Å². The second-order valence-corrected chi connectivity index (χ2v) is 5.62. The van der Waals surface area contributed by atoms with Gasteiger partial charge in [0.25, 0.3) is 0 Å². The molecule has 0 aromatic carbocycles. The van der Waals surface area contributed by atoms with Crippen LogP contribution in [0.1, 0.15) is 32.0 Å². The van der Waals surface area contributed by atoms with Gasteiger partial charge in [-0.2, -0.15) is 5.10 Å². The Kier molecular flexibility index (Phi) is 5.82. The Bertz CT molecular complexity index is 355. The van der Waals surface area contributed by atoms with Crippen LogP contribution in [-0.4, -0.2) is 41.4 Å². The van der Waals surface area contributed by atoms with Gasteiger partial charge in [0.15, 0.2) is 0 Å². The lowest BCUT2D eigenvalue weighted by Gasteiger charge is -2.25. The number of rotatable bonds is 7. The van der Waals surface area contributed by atoms with Crippen molar-refractivity contribution < 1.29 is 0 Å². The maximum atomic E-state index is 4.48. The first-order valence-corrected chi connectivity index (χ1v) is 6.83. The van der Waals surface area contributed by atoms with Crippen molar-refractivity contribution in [3.63, 3.8) is 0 Å². The molecule has 0 amide bonds. The predicted octanol–water partition coefficient (Wildman–Crippen LogP) is 1.66. The first-order chi connectivity index (χ1) is 8.43. The van der Waals surface area contributed by atoms with Gasteiger partial charge < -0.3 is 10.2 Å². The summed E-state index contributed by atoms with van der Waals surface area (Å²) in [7, 11) is 6.24. The molecule has 1 unspecified atom stereocenters. The SMILES string of the molecule is CCc1nn(C)cc1CNC(CN(C)C)C(C)C. The molecule has 0 fully saturated rings. The number of nitrogens with zero attached hydrogens (tertiary/aromatic N) is 3. The number of aromatic nitrogens is 2. The number of likely N-dealkylation sites (N-methyl/N-ethyl adjacent to an activating group) is 1. The summed E-state index contributed by atoms with van der Waals surface area (Å²) in [5.74, 6) is 0.633. The zero-order chi connectivity index (χ0) is 13.7. The van der Waals surface area contributed by atoms with E-state index in [0.717, 1.165) is 19.5 Å². The minimum absolute atomic E-state index is 0.518. The van der Waals surface area contributed by atoms with Gasteiger partial charge in [-0.3, -0.25) is 4.68 Å². The van der Waals surface area contributed by atoms with Crippen molar-refractivity contribution in [2.75, 3.05) is 20.6 Å². The minimum atomic E-state index is 0.518. The highest BCUT2D eigenvalue weighted by Gasteiger charge is 2.15. The molecule has 0 saturated carbocycles. The van der Waals surface area contributed by atoms with Crippen LogP contribution in [0.2, 0.25) is 0 Å². The largest absolute Gasteiger partial charge is 0.308 e. The summed E-state index contributed by atoms with van der Waals surface area (Å²) < 4.78 is 1.91. The van der Waals surface area contributed by atoms with Crippen LogP contribution in [-0.2, 0) is 20.0 Å². The normalized spacial score (nSPS) is 13.6. The van der Waals surface area contributed by atoms with Crippen LogP contribution in [0.3, 0.4) is 0 Å². The van der Waals surface area contributed by atoms with Crippen LogP contribution in [0.4, 0.5) is 0 Å². The molecular formula is C14H28N4. The van der Waals surface area contributed by atoms with E-state index in [4.69, 9.17) is 0 Å². The molecule has 0 aliphatic carbocycles. The van der Waals surface area contributed by atoms with Crippen molar-refractivity contribution >= 4 is 0 Å². The Morgan fingerprint density at radius 3 is 2.56 bits per heavy atom. The average Bonchev–Trinajstić information content (AvgIpc) is 2.64. The lowest BCUT2D eigenvalue weighted by atomic mass is 10.0. The molecule has 0 spiro atoms. The van der Waals surface area contributed by atoms with E-state index >= 15 is 0 Å². The number of aryl methyl sites for hydroxylation is 2. The van der Waals surface area contributed by atoms with Gasteiger partial charge in [-0.15, -0.1) is 0 Å². The third-order valence-electron chi connectivity index (χ3n) is 3.25. The van der Waals surface area contributed by atoms with Crippen molar-refractivity contribution in [1.29, 1.82) is 0 Å². The first-order valence-electron chi connectivity index (χ1n) is 6.83. The Morgan fingerprint density at radius 2 is 2.06 bits per heavy atom. The fraction of sp³-hybridized carbons (Fsp3) is 0.786. The van der Waals surface area contributed by atoms with E-state index in [-0.39, 0.29) is 0 Å². The van der Waals surface area contributed by atoms with Gasteiger partial charge in [-0.05, 0) is 26.4 Å². The topological polar surface area (TPSA) is 33.1 Å². The second-order valence-electron chi connectivity index (χ2n) is 5.62. The molecule has 0 saturated heterocycles. The highest BCUT2D eigenvalue weighted by molar-refractivity contribution is 5.16. The van der Waals surface area contributed by atoms with E-state index in [9.17, 15) is 0 Å². The van der Waals surface area contributed by atoms with Gasteiger partial charge in [0.2, 0.25) is 0 Å². The molecule has 0 aliphatic heterocycles. The monoisotopic (exact) mass is 252 g/mol. The standard InChI is InChI=1S/C14H28N4/c1-7-13-12(9-18(6)16-13)8-15-14(11(2)3)10-17(4)5/h9,11,14-15H,7-8,10H2,1-6H3. The third kappa shape index (κ3) is 4.42. The predicted molar refractivity (Wildman–Crippen MR) is 76.6 cm³/mol. The van der Waals surface area contributed by atoms with Crippen LogP contribution >= 0.6 is 0 Å². The van der Waals surface area contributed by atoms with Gasteiger partial charge in [-0.1, -0.05) is 20.8 Å². The third-order valence-corrected chi connectivity index (χ3v) is 3.25. The van der Waals surface area contributed by atoms with Gasteiger partial charge in [-0.25, -0.2) is 0 Å². The van der Waals surface area contributed by atoms with Gasteiger partial charge in [0.05, 0.1) is 5.69 Å². The lowest BCUT2D eigenvalue weighted by Crippen LogP contribution is -2.41. The Morgan fingerprint density at radius 1 is 1.39 bits per heavy atom. The van der Waals surface area contributed by atoms with E-state index in [2.05, 4.69) is 56.4 Å². The summed E-state index contributed by atoms with van der Waals surface area (Å²) in [6, 6.07) is 0.518. The van der Waals surface area contributed by atoms with E-state index in [1.807, 2.05) is 11.7 Å². The average molecular weight is 252 g/mol. The summed E-state index contributed by atoms with van der Waals surface area (Å²) >= 11 is 0. The zero-order valence-electron chi connectivity index (χ0n) is 12.7. The van der Waals surface area contributed by atoms with Crippen molar-refractivity contribution in [3.8, 4) is 0 Å². The Hall–Kier alpha value is -0.870. The first kappa shape index (κ1) is 15.2. The smallest absolute Gasteiger partial charge is 0.0666 e. The lowest BCUT2D eigenvalue weighted by molar-refractivity contribution is 0.288. The molecule has 1 N–H and O–H groups in total. The molecule has 1 heterocycles. The van der Waals surface area contributed by atoms with Crippen molar-refractivity contribution in [1.82, 2.24) is 20.0 Å². The van der Waals surface area contributed by atoms with Gasteiger partial charge in [0.1, 0.15) is 0 Å². The molecule has 104 valence electrons. The van der Waals surface area contributed by atoms with E-state index in [0.29, 0.717) is 12.0 Å². The fourth-order valence-corrected chi connectivity index (χ4v) is 2.17. The molecule has 4 heteroatoms. The summed E-state index contributed by atoms with van der Waals surface area (Å²) in [6.07, 6.45) is 3.12. The van der Waals surface area contributed by atoms with Crippen molar-refractivity contribution in [2.45, 2.75) is 39.8 Å². The molecule has 1 atom stereocenters. The molecule has 1 rings (SSSR count). The molecule has 4 nitrogen and oxygen atoms in total. The van der Waals surface area contributed by atoms with E-state index in [1.165, 1.54) is 11.3 Å². The summed E-state index contributed by atoms with van der Waals surface area (Å²) in [5, 5.41) is 8.14. The summed E-state index contributed by atoms with van der Waals surface area (Å²) in [6.45, 7) is 8.68. The quantitative estimate of drug-likeness (QED) is 0.801. The van der Waals surface area contributed by atoms with Crippen LogP contribution in [0.25, 0.3) is 0 Å². The summed E-state index contributed by atoms with van der Waals surface area (Å²) in [5.41, 5.74) is 2.53. The van der Waals surface area contributed by atoms with Crippen LogP contribution in [0.15, 0.2) is 6.20 Å². The summed E-state index contributed by atoms with van der Waals surface area (Å²) in [4.78, 5) is 2.24. The highest BCUT2D eigenvalue weighted by Crippen LogP contribution is 2.09. The minimum Gasteiger partial charge on any atom is -0.308 e. The molecule has 0 radical (unpaired) electrons. The van der Waals surface area contributed by atoms with E-state index < -0.39 is 0 Å². The molecule has 1 aromatic rings. The fourth-order valence-electron chi connectivity index (χ4n) is 2.17. The number of hydrogen-bond acceptors (Lipinski definition) is 3. The number of hydrogen-bond donors (Lipinski definition) is 1. The maximum absolute atomic E-state index is 4.48. The molecule has 0 bridgehead atoms. The molecule has 0 aliphatic rings. The van der Waals surface area contributed by atoms with E-state index in [1.54, 1.807) is 0 Å². The number of nitrogens with one attached hydrogen (secondary N) is 1. The Balaban J connectivity index is 2.60. The molecule has 1 aromatic heterocycles. The highest BCUT2D eigenvalue weighted by atomic mass is 15.3. The van der Waals surface area contributed by atoms with Gasteiger partial charge in [0, 0.05) is 37.9 Å². The zero-order valence-corrected chi connectivity index (χ0v) is 12.7. The van der Waals surface area contributed by atoms with Crippen molar-refractivity contribution in [3.05, 3.63) is 17.5 Å². The second kappa shape index (κ2) is 6.90. The Labute approximate surface area is 111 Å². The van der Waals surface area contributed by atoms with Crippen LogP contribution in [0.5, 0.6) is 0 Å². The van der Waals surface area contributed by atoms with Crippen LogP contribution < -0.4 is 5.32 Å². The van der Waals surface area contributed by atoms with Gasteiger partial charge >= 0.3 is 0 Å². The maximum Gasteiger partial charge on any atom is 0.0666 e.